The molecule has 0 spiro atoms. The third-order valence-electron chi connectivity index (χ3n) is 7.85. The molecule has 2 aromatic rings. The van der Waals surface area contributed by atoms with Gasteiger partial charge in [0.15, 0.2) is 0 Å². The Bertz CT molecular complexity index is 1410. The molecule has 10 nitrogen and oxygen atoms in total. The number of piperidine rings is 1. The number of nitrogens with one attached hydrogen (secondary N) is 1. The van der Waals surface area contributed by atoms with Crippen LogP contribution < -0.4 is 11.1 Å². The molecular weight excluding hydrogens is 584 g/mol. The molecule has 1 fully saturated rings. The molecule has 238 valence electrons. The second-order valence-electron chi connectivity index (χ2n) is 11.8. The fourth-order valence-corrected chi connectivity index (χ4v) is 5.54. The highest BCUT2D eigenvalue weighted by Crippen LogP contribution is 2.39. The van der Waals surface area contributed by atoms with E-state index >= 15 is 0 Å². The van der Waals surface area contributed by atoms with Crippen molar-refractivity contribution in [3.63, 3.8) is 0 Å². The first-order chi connectivity index (χ1) is 20.7. The molecule has 0 bridgehead atoms. The Kier molecular flexibility index (Phi) is 9.74. The van der Waals surface area contributed by atoms with Crippen molar-refractivity contribution in [2.75, 3.05) is 19.6 Å². The molecule has 14 heteroatoms. The molecule has 1 saturated heterocycles. The number of carbonyl (C=O) groups is 3. The van der Waals surface area contributed by atoms with Gasteiger partial charge in [-0.2, -0.15) is 18.3 Å². The smallest absolute Gasteiger partial charge is 0.392 e. The van der Waals surface area contributed by atoms with E-state index in [4.69, 9.17) is 5.73 Å². The number of fused-ring (bicyclic) bond motifs is 1. The van der Waals surface area contributed by atoms with Crippen LogP contribution in [0.2, 0.25) is 0 Å². The number of aliphatic hydroxyl groups is 1. The Hall–Kier alpha value is -3.91. The van der Waals surface area contributed by atoms with E-state index in [2.05, 4.69) is 15.4 Å². The number of carbonyl (C=O) groups excluding carboxylic acids is 3. The Morgan fingerprint density at radius 3 is 2.55 bits per heavy atom. The molecule has 2 atom stereocenters. The van der Waals surface area contributed by atoms with Crippen molar-refractivity contribution in [1.29, 1.82) is 0 Å². The van der Waals surface area contributed by atoms with E-state index in [1.807, 2.05) is 0 Å². The molecule has 3 amide bonds. The fraction of sp³-hybridized carbons (Fsp3) is 0.500. The van der Waals surface area contributed by atoms with E-state index in [0.29, 0.717) is 27.4 Å². The van der Waals surface area contributed by atoms with E-state index in [9.17, 15) is 37.1 Å². The second kappa shape index (κ2) is 13.0. The minimum atomic E-state index is -4.69. The Balaban J connectivity index is 1.63. The Labute approximate surface area is 252 Å². The summed E-state index contributed by atoms with van der Waals surface area (Å²) in [6.07, 6.45) is -2.92. The molecule has 44 heavy (non-hydrogen) atoms. The van der Waals surface area contributed by atoms with Crippen LogP contribution in [-0.4, -0.2) is 80.8 Å². The highest BCUT2D eigenvalue weighted by molar-refractivity contribution is 6.13. The second-order valence-corrected chi connectivity index (χ2v) is 11.8. The lowest BCUT2D eigenvalue weighted by Crippen LogP contribution is -2.61. The maximum absolute atomic E-state index is 14.0. The number of amides is 3. The summed E-state index contributed by atoms with van der Waals surface area (Å²) in [4.78, 5) is 46.2. The normalized spacial score (nSPS) is 19.5. The van der Waals surface area contributed by atoms with Crippen LogP contribution in [0.5, 0.6) is 0 Å². The summed E-state index contributed by atoms with van der Waals surface area (Å²) in [5, 5.41) is 17.0. The highest BCUT2D eigenvalue weighted by Gasteiger charge is 2.56. The number of aryl methyl sites for hydroxylation is 1. The van der Waals surface area contributed by atoms with Gasteiger partial charge in [0.1, 0.15) is 24.7 Å². The number of hydrogen-bond acceptors (Lipinski definition) is 7. The minimum absolute atomic E-state index is 0.0427. The highest BCUT2D eigenvalue weighted by atomic mass is 19.4. The van der Waals surface area contributed by atoms with Crippen LogP contribution in [0.25, 0.3) is 0 Å². The van der Waals surface area contributed by atoms with Gasteiger partial charge in [0.25, 0.3) is 5.91 Å². The van der Waals surface area contributed by atoms with Crippen LogP contribution in [0, 0.1) is 5.41 Å². The summed E-state index contributed by atoms with van der Waals surface area (Å²) >= 11 is 0. The number of hydrazone groups is 1. The molecule has 3 heterocycles. The zero-order chi connectivity index (χ0) is 32.3. The quantitative estimate of drug-likeness (QED) is 0.330. The summed E-state index contributed by atoms with van der Waals surface area (Å²) in [6.45, 7) is 0.106. The van der Waals surface area contributed by atoms with Gasteiger partial charge >= 0.3 is 6.18 Å². The fourth-order valence-electron chi connectivity index (χ4n) is 5.54. The number of halogens is 4. The first-order valence-corrected chi connectivity index (χ1v) is 14.2. The van der Waals surface area contributed by atoms with Crippen molar-refractivity contribution >= 4 is 23.4 Å². The largest absolute Gasteiger partial charge is 0.408 e. The van der Waals surface area contributed by atoms with Gasteiger partial charge in [-0.05, 0) is 55.5 Å². The summed E-state index contributed by atoms with van der Waals surface area (Å²) in [7, 11) is 0. The van der Waals surface area contributed by atoms with E-state index in [0.717, 1.165) is 0 Å². The molecule has 0 aliphatic carbocycles. The van der Waals surface area contributed by atoms with Gasteiger partial charge < -0.3 is 21.1 Å². The topological polar surface area (TPSA) is 141 Å². The average Bonchev–Trinajstić information content (AvgIpc) is 3.23. The number of likely N-dealkylation sites (tertiary alicyclic amines) is 1. The van der Waals surface area contributed by atoms with Gasteiger partial charge in [0.2, 0.25) is 11.8 Å². The van der Waals surface area contributed by atoms with Crippen molar-refractivity contribution < 1.29 is 37.1 Å². The molecule has 2 aliphatic rings. The third kappa shape index (κ3) is 7.41. The number of nitrogens with zero attached hydrogens (tertiary/aromatic N) is 4. The molecule has 0 saturated carbocycles. The van der Waals surface area contributed by atoms with E-state index in [-0.39, 0.29) is 51.1 Å². The van der Waals surface area contributed by atoms with E-state index in [1.165, 1.54) is 31.0 Å². The standard InChI is InChI=1S/C30H36F4N6O4/c1-28(2,35)26(43)37-23(9-8-20-7-6-19(15-31)13-21(20)16-41)25(42)39-12-10-24-29(17-39,14-22-5-3-4-11-36-22)27(44)40(38-24)18-30(32,33)34/h3-7,11,13,23,41H,8-10,12,14-18,35H2,1-2H3,(H,37,43)/t23-,29-/m1/s1. The molecule has 0 radical (unpaired) electrons. The Morgan fingerprint density at radius 2 is 1.93 bits per heavy atom. The first kappa shape index (κ1) is 33.0. The molecule has 4 rings (SSSR count). The maximum Gasteiger partial charge on any atom is 0.408 e. The first-order valence-electron chi connectivity index (χ1n) is 14.2. The molecule has 1 aromatic carbocycles. The maximum atomic E-state index is 14.0. The van der Waals surface area contributed by atoms with E-state index in [1.54, 1.807) is 30.3 Å². The predicted octanol–water partition coefficient (Wildman–Crippen LogP) is 2.42. The summed E-state index contributed by atoms with van der Waals surface area (Å²) in [6, 6.07) is 8.62. The van der Waals surface area contributed by atoms with Crippen LogP contribution in [0.3, 0.4) is 0 Å². The number of hydrogen-bond donors (Lipinski definition) is 3. The van der Waals surface area contributed by atoms with Crippen molar-refractivity contribution in [3.8, 4) is 0 Å². The molecular formula is C30H36F4N6O4. The minimum Gasteiger partial charge on any atom is -0.392 e. The summed E-state index contributed by atoms with van der Waals surface area (Å²) in [5.41, 5.74) is 5.28. The van der Waals surface area contributed by atoms with Crippen molar-refractivity contribution in [1.82, 2.24) is 20.2 Å². The number of pyridine rings is 1. The monoisotopic (exact) mass is 620 g/mol. The van der Waals surface area contributed by atoms with Gasteiger partial charge in [-0.25, -0.2) is 9.40 Å². The number of alkyl halides is 4. The lowest BCUT2D eigenvalue weighted by molar-refractivity contribution is -0.164. The van der Waals surface area contributed by atoms with Gasteiger partial charge in [0, 0.05) is 37.8 Å². The van der Waals surface area contributed by atoms with Gasteiger partial charge in [-0.15, -0.1) is 0 Å². The zero-order valence-electron chi connectivity index (χ0n) is 24.5. The predicted molar refractivity (Wildman–Crippen MR) is 152 cm³/mol. The van der Waals surface area contributed by atoms with Crippen molar-refractivity contribution in [3.05, 3.63) is 65.0 Å². The number of nitrogens with two attached hydrogens (primary N) is 1. The van der Waals surface area contributed by atoms with Gasteiger partial charge in [-0.3, -0.25) is 19.4 Å². The molecule has 2 aliphatic heterocycles. The lowest BCUT2D eigenvalue weighted by atomic mass is 9.74. The third-order valence-corrected chi connectivity index (χ3v) is 7.85. The van der Waals surface area contributed by atoms with Crippen molar-refractivity contribution in [2.24, 2.45) is 16.3 Å². The van der Waals surface area contributed by atoms with Gasteiger partial charge in [-0.1, -0.05) is 24.3 Å². The van der Waals surface area contributed by atoms with Crippen LogP contribution >= 0.6 is 0 Å². The van der Waals surface area contributed by atoms with Crippen molar-refractivity contribution in [2.45, 2.75) is 70.6 Å². The average molecular weight is 621 g/mol. The van der Waals surface area contributed by atoms with E-state index < -0.39 is 54.1 Å². The number of rotatable bonds is 11. The van der Waals surface area contributed by atoms with Crippen LogP contribution in [0.4, 0.5) is 17.6 Å². The van der Waals surface area contributed by atoms with Crippen LogP contribution in [0.15, 0.2) is 47.7 Å². The van der Waals surface area contributed by atoms with Gasteiger partial charge in [0.05, 0.1) is 17.9 Å². The molecule has 0 unspecified atom stereocenters. The van der Waals surface area contributed by atoms with Crippen LogP contribution in [0.1, 0.15) is 49.1 Å². The number of aliphatic hydroxyl groups excluding tert-OH is 1. The lowest BCUT2D eigenvalue weighted by Gasteiger charge is -2.40. The Morgan fingerprint density at radius 1 is 1.18 bits per heavy atom. The number of benzene rings is 1. The molecule has 1 aromatic heterocycles. The molecule has 4 N–H and O–H groups in total. The van der Waals surface area contributed by atoms with Crippen LogP contribution in [-0.2, 0) is 40.5 Å². The summed E-state index contributed by atoms with van der Waals surface area (Å²) < 4.78 is 53.2. The SMILES string of the molecule is CC(C)(N)C(=O)N[C@H](CCc1ccc(CF)cc1CO)C(=O)N1CCC2=NN(CC(F)(F)F)C(=O)[C@]2(Cc2ccccn2)C1. The number of aromatic nitrogens is 1. The summed E-state index contributed by atoms with van der Waals surface area (Å²) in [5.74, 6) is -2.03. The zero-order valence-corrected chi connectivity index (χ0v) is 24.5.